The van der Waals surface area contributed by atoms with Gasteiger partial charge in [0.1, 0.15) is 5.52 Å². The fourth-order valence-corrected chi connectivity index (χ4v) is 7.09. The maximum Gasteiger partial charge on any atom is 0.227 e. The van der Waals surface area contributed by atoms with Crippen molar-refractivity contribution in [2.45, 2.75) is 26.2 Å². The number of nitrogens with zero attached hydrogens (tertiary/aromatic N) is 1. The van der Waals surface area contributed by atoms with Crippen LogP contribution in [0.1, 0.15) is 26.3 Å². The van der Waals surface area contributed by atoms with Crippen LogP contribution < -0.4 is 0 Å². The zero-order valence-electron chi connectivity index (χ0n) is 26.7. The summed E-state index contributed by atoms with van der Waals surface area (Å²) in [6.07, 6.45) is 0. The summed E-state index contributed by atoms with van der Waals surface area (Å²) in [6.45, 7) is 6.87. The molecule has 0 atom stereocenters. The number of para-hydroxylation sites is 2. The van der Waals surface area contributed by atoms with Crippen LogP contribution in [0.3, 0.4) is 0 Å². The highest BCUT2D eigenvalue weighted by Crippen LogP contribution is 2.45. The molecule has 47 heavy (non-hydrogen) atoms. The topological polar surface area (TPSA) is 26.0 Å². The molecule has 0 bridgehead atoms. The third-order valence-electron chi connectivity index (χ3n) is 9.62. The quantitative estimate of drug-likeness (QED) is 0.187. The second-order valence-corrected chi connectivity index (χ2v) is 13.6. The minimum Gasteiger partial charge on any atom is -0.436 e. The molecule has 2 nitrogen and oxygen atoms in total. The summed E-state index contributed by atoms with van der Waals surface area (Å²) in [5, 5.41) is 7.78. The average molecular weight is 604 g/mol. The smallest absolute Gasteiger partial charge is 0.227 e. The van der Waals surface area contributed by atoms with Gasteiger partial charge in [-0.2, -0.15) is 0 Å². The van der Waals surface area contributed by atoms with Gasteiger partial charge < -0.3 is 4.42 Å². The van der Waals surface area contributed by atoms with E-state index >= 15 is 0 Å². The minimum atomic E-state index is 0.0672. The van der Waals surface area contributed by atoms with Crippen LogP contribution in [0.15, 0.2) is 150 Å². The van der Waals surface area contributed by atoms with E-state index in [0.717, 1.165) is 16.7 Å². The molecular formula is C45H33NO. The molecule has 0 N–H and O–H groups in total. The van der Waals surface area contributed by atoms with Crippen molar-refractivity contribution in [1.82, 2.24) is 4.98 Å². The van der Waals surface area contributed by atoms with E-state index in [1.54, 1.807) is 0 Å². The largest absolute Gasteiger partial charge is 0.436 e. The van der Waals surface area contributed by atoms with Gasteiger partial charge in [0.15, 0.2) is 5.58 Å². The second-order valence-electron chi connectivity index (χ2n) is 13.6. The van der Waals surface area contributed by atoms with Gasteiger partial charge in [0, 0.05) is 5.56 Å². The number of oxazole rings is 1. The lowest BCUT2D eigenvalue weighted by Gasteiger charge is -2.23. The van der Waals surface area contributed by atoms with Crippen LogP contribution in [-0.4, -0.2) is 4.98 Å². The Balaban J connectivity index is 1.26. The SMILES string of the molecule is CC(C)(C)c1cc2ccc3c(-c4ccc(-c5ccccc5)cc4)cc(-c4ccc(-c5nc6ccccc6o5)cc4)c4ccc(c1)c2c34. The van der Waals surface area contributed by atoms with E-state index in [0.29, 0.717) is 5.89 Å². The number of benzene rings is 8. The van der Waals surface area contributed by atoms with E-state index in [4.69, 9.17) is 9.40 Å². The third kappa shape index (κ3) is 4.60. The first-order valence-corrected chi connectivity index (χ1v) is 16.3. The Hall–Kier alpha value is -5.73. The molecule has 0 aliphatic rings. The van der Waals surface area contributed by atoms with Crippen LogP contribution in [-0.2, 0) is 5.41 Å². The molecule has 0 spiro atoms. The predicted molar refractivity (Wildman–Crippen MR) is 198 cm³/mol. The Morgan fingerprint density at radius 3 is 1.60 bits per heavy atom. The molecule has 0 amide bonds. The summed E-state index contributed by atoms with van der Waals surface area (Å²) in [6, 6.07) is 52.6. The number of hydrogen-bond acceptors (Lipinski definition) is 2. The summed E-state index contributed by atoms with van der Waals surface area (Å²) in [5.41, 5.74) is 11.3. The Morgan fingerprint density at radius 1 is 0.468 bits per heavy atom. The van der Waals surface area contributed by atoms with Crippen molar-refractivity contribution >= 4 is 43.4 Å². The van der Waals surface area contributed by atoms with Gasteiger partial charge >= 0.3 is 0 Å². The molecular weight excluding hydrogens is 571 g/mol. The lowest BCUT2D eigenvalue weighted by Crippen LogP contribution is -2.10. The zero-order chi connectivity index (χ0) is 31.7. The Morgan fingerprint density at radius 2 is 1.00 bits per heavy atom. The van der Waals surface area contributed by atoms with Gasteiger partial charge in [-0.25, -0.2) is 4.98 Å². The average Bonchev–Trinajstić information content (AvgIpc) is 3.55. The molecule has 0 aliphatic carbocycles. The van der Waals surface area contributed by atoms with E-state index in [1.807, 2.05) is 24.3 Å². The first-order chi connectivity index (χ1) is 22.9. The van der Waals surface area contributed by atoms with Gasteiger partial charge in [0.2, 0.25) is 5.89 Å². The molecule has 2 heteroatoms. The highest BCUT2D eigenvalue weighted by Gasteiger charge is 2.20. The molecule has 8 aromatic carbocycles. The molecule has 0 radical (unpaired) electrons. The van der Waals surface area contributed by atoms with Crippen molar-refractivity contribution in [3.05, 3.63) is 151 Å². The zero-order valence-corrected chi connectivity index (χ0v) is 26.7. The van der Waals surface area contributed by atoms with Gasteiger partial charge in [0.05, 0.1) is 0 Å². The van der Waals surface area contributed by atoms with E-state index < -0.39 is 0 Å². The van der Waals surface area contributed by atoms with Crippen LogP contribution >= 0.6 is 0 Å². The molecule has 0 aliphatic heterocycles. The first kappa shape index (κ1) is 27.6. The first-order valence-electron chi connectivity index (χ1n) is 16.3. The van der Waals surface area contributed by atoms with Crippen LogP contribution in [0, 0.1) is 0 Å². The van der Waals surface area contributed by atoms with E-state index in [9.17, 15) is 0 Å². The summed E-state index contributed by atoms with van der Waals surface area (Å²) >= 11 is 0. The third-order valence-corrected chi connectivity index (χ3v) is 9.62. The standard InChI is InChI=1S/C45H33NO/c1-45(2,3)35-25-33-21-23-36-38(30-15-13-29(14-16-30)28-9-5-4-6-10-28)27-39(37-24-22-34(26-35)42(33)43(36)37)31-17-19-32(20-18-31)44-46-40-11-7-8-12-41(40)47-44/h4-27H,1-3H3. The summed E-state index contributed by atoms with van der Waals surface area (Å²) in [4.78, 5) is 4.73. The van der Waals surface area contributed by atoms with Gasteiger partial charge in [0.25, 0.3) is 0 Å². The molecule has 9 rings (SSSR count). The highest BCUT2D eigenvalue weighted by molar-refractivity contribution is 6.28. The fourth-order valence-electron chi connectivity index (χ4n) is 7.09. The molecule has 0 saturated carbocycles. The van der Waals surface area contributed by atoms with Crippen molar-refractivity contribution < 1.29 is 4.42 Å². The molecule has 1 aromatic heterocycles. The Labute approximate surface area is 274 Å². The van der Waals surface area contributed by atoms with Crippen molar-refractivity contribution in [1.29, 1.82) is 0 Å². The van der Waals surface area contributed by atoms with Crippen LogP contribution in [0.25, 0.3) is 88.3 Å². The number of rotatable bonds is 4. The molecule has 0 fully saturated rings. The lowest BCUT2D eigenvalue weighted by molar-refractivity contribution is 0.591. The summed E-state index contributed by atoms with van der Waals surface area (Å²) in [5.74, 6) is 0.641. The monoisotopic (exact) mass is 603 g/mol. The van der Waals surface area contributed by atoms with E-state index in [2.05, 4.69) is 142 Å². The van der Waals surface area contributed by atoms with Crippen LogP contribution in [0.2, 0.25) is 0 Å². The lowest BCUT2D eigenvalue weighted by atomic mass is 9.81. The summed E-state index contributed by atoms with van der Waals surface area (Å²) in [7, 11) is 0. The van der Waals surface area contributed by atoms with Crippen LogP contribution in [0.5, 0.6) is 0 Å². The predicted octanol–water partition coefficient (Wildman–Crippen LogP) is 12.7. The van der Waals surface area contributed by atoms with Crippen molar-refractivity contribution in [3.8, 4) is 44.8 Å². The van der Waals surface area contributed by atoms with Crippen molar-refractivity contribution in [3.63, 3.8) is 0 Å². The van der Waals surface area contributed by atoms with Crippen molar-refractivity contribution in [2.75, 3.05) is 0 Å². The van der Waals surface area contributed by atoms with Crippen molar-refractivity contribution in [2.24, 2.45) is 0 Å². The molecule has 1 heterocycles. The number of fused-ring (bicyclic) bond motifs is 1. The van der Waals surface area contributed by atoms with Crippen LogP contribution in [0.4, 0.5) is 0 Å². The Bertz CT molecular complexity index is 2520. The molecule has 9 aromatic rings. The Kier molecular flexibility index (Phi) is 6.10. The van der Waals surface area contributed by atoms with Gasteiger partial charge in [-0.05, 0) is 107 Å². The van der Waals surface area contributed by atoms with E-state index in [-0.39, 0.29) is 5.41 Å². The maximum absolute atomic E-state index is 6.09. The van der Waals surface area contributed by atoms with Gasteiger partial charge in [-0.3, -0.25) is 0 Å². The van der Waals surface area contributed by atoms with Gasteiger partial charge in [-0.15, -0.1) is 0 Å². The summed E-state index contributed by atoms with van der Waals surface area (Å²) < 4.78 is 6.09. The minimum absolute atomic E-state index is 0.0672. The number of aromatic nitrogens is 1. The molecule has 0 unspecified atom stereocenters. The molecule has 0 saturated heterocycles. The van der Waals surface area contributed by atoms with E-state index in [1.165, 1.54) is 71.3 Å². The normalized spacial score (nSPS) is 12.1. The van der Waals surface area contributed by atoms with Gasteiger partial charge in [-0.1, -0.05) is 136 Å². The molecule has 224 valence electrons. The maximum atomic E-state index is 6.09. The highest BCUT2D eigenvalue weighted by atomic mass is 16.3. The number of hydrogen-bond donors (Lipinski definition) is 0. The fraction of sp³-hybridized carbons (Fsp3) is 0.0889. The second kappa shape index (κ2) is 10.4.